The predicted octanol–water partition coefficient (Wildman–Crippen LogP) is 4.88. The van der Waals surface area contributed by atoms with Gasteiger partial charge in [-0.1, -0.05) is 36.0 Å². The molecule has 4 rings (SSSR count). The molecule has 180 valence electrons. The lowest BCUT2D eigenvalue weighted by Crippen LogP contribution is -2.16. The quantitative estimate of drug-likeness (QED) is 0.266. The summed E-state index contributed by atoms with van der Waals surface area (Å²) in [5.41, 5.74) is 2.20. The number of para-hydroxylation sites is 1. The van der Waals surface area contributed by atoms with Gasteiger partial charge in [0.2, 0.25) is 5.91 Å². The molecule has 0 saturated heterocycles. The average Bonchev–Trinajstić information content (AvgIpc) is 3.45. The molecule has 0 radical (unpaired) electrons. The number of nitrogens with one attached hydrogen (secondary N) is 1. The number of halogens is 1. The van der Waals surface area contributed by atoms with Crippen LogP contribution >= 0.6 is 23.1 Å². The second kappa shape index (κ2) is 10.7. The number of benzene rings is 2. The van der Waals surface area contributed by atoms with Crippen molar-refractivity contribution in [3.8, 4) is 28.3 Å². The Hall–Kier alpha value is -3.70. The Labute approximate surface area is 209 Å². The van der Waals surface area contributed by atoms with Crippen molar-refractivity contribution in [2.24, 2.45) is 7.05 Å². The van der Waals surface area contributed by atoms with Crippen molar-refractivity contribution in [1.29, 1.82) is 0 Å². The van der Waals surface area contributed by atoms with E-state index in [2.05, 4.69) is 15.5 Å². The summed E-state index contributed by atoms with van der Waals surface area (Å²) in [6.45, 7) is 0. The van der Waals surface area contributed by atoms with E-state index in [0.717, 1.165) is 5.56 Å². The molecule has 1 N–H and O–H groups in total. The highest BCUT2D eigenvalue weighted by atomic mass is 32.2. The number of carbonyl (C=O) groups is 2. The summed E-state index contributed by atoms with van der Waals surface area (Å²) < 4.78 is 25.4. The first-order chi connectivity index (χ1) is 16.9. The molecule has 1 amide bonds. The number of aromatic nitrogens is 3. The Morgan fingerprint density at radius 2 is 1.83 bits per heavy atom. The minimum Gasteiger partial charge on any atom is -0.496 e. The number of esters is 1. The van der Waals surface area contributed by atoms with E-state index >= 15 is 0 Å². The second-order valence-electron chi connectivity index (χ2n) is 7.25. The summed E-state index contributed by atoms with van der Waals surface area (Å²) in [4.78, 5) is 25.2. The van der Waals surface area contributed by atoms with Crippen LogP contribution in [0.4, 0.5) is 9.39 Å². The van der Waals surface area contributed by atoms with Crippen LogP contribution in [0.25, 0.3) is 22.5 Å². The SMILES string of the molecule is COC(=O)c1c(-c2ccc(F)cc2)csc1NC(=O)CSc1nnc(-c2ccccc2OC)n1C. The van der Waals surface area contributed by atoms with Crippen molar-refractivity contribution in [3.63, 3.8) is 0 Å². The summed E-state index contributed by atoms with van der Waals surface area (Å²) in [7, 11) is 4.67. The van der Waals surface area contributed by atoms with Crippen molar-refractivity contribution in [3.05, 3.63) is 65.3 Å². The zero-order valence-corrected chi connectivity index (χ0v) is 20.7. The number of amides is 1. The zero-order chi connectivity index (χ0) is 24.9. The van der Waals surface area contributed by atoms with Gasteiger partial charge in [-0.05, 0) is 29.8 Å². The first-order valence-corrected chi connectivity index (χ1v) is 12.2. The van der Waals surface area contributed by atoms with Gasteiger partial charge < -0.3 is 19.4 Å². The largest absolute Gasteiger partial charge is 0.496 e. The van der Waals surface area contributed by atoms with E-state index in [9.17, 15) is 14.0 Å². The van der Waals surface area contributed by atoms with Gasteiger partial charge in [0.1, 0.15) is 22.1 Å². The Morgan fingerprint density at radius 1 is 1.09 bits per heavy atom. The molecule has 2 heterocycles. The van der Waals surface area contributed by atoms with E-state index in [0.29, 0.717) is 32.9 Å². The van der Waals surface area contributed by atoms with E-state index in [1.807, 2.05) is 31.3 Å². The van der Waals surface area contributed by atoms with Crippen LogP contribution in [0.15, 0.2) is 59.1 Å². The molecular formula is C24H21FN4O4S2. The summed E-state index contributed by atoms with van der Waals surface area (Å²) in [6.07, 6.45) is 0. The first-order valence-electron chi connectivity index (χ1n) is 10.3. The normalized spacial score (nSPS) is 10.7. The maximum Gasteiger partial charge on any atom is 0.341 e. The molecule has 8 nitrogen and oxygen atoms in total. The summed E-state index contributed by atoms with van der Waals surface area (Å²) in [5.74, 6) is 0.0230. The standard InChI is InChI=1S/C24H21FN4O4S2/c1-29-21(16-6-4-5-7-18(16)32-2)27-28-24(29)35-13-19(30)26-22-20(23(31)33-3)17(12-34-22)14-8-10-15(25)11-9-14/h4-12H,13H2,1-3H3,(H,26,30). The van der Waals surface area contributed by atoms with Gasteiger partial charge >= 0.3 is 5.97 Å². The first kappa shape index (κ1) is 24.4. The average molecular weight is 513 g/mol. The van der Waals surface area contributed by atoms with Gasteiger partial charge in [-0.2, -0.15) is 0 Å². The fraction of sp³-hybridized carbons (Fsp3) is 0.167. The molecular weight excluding hydrogens is 491 g/mol. The fourth-order valence-electron chi connectivity index (χ4n) is 3.39. The van der Waals surface area contributed by atoms with Gasteiger partial charge in [-0.3, -0.25) is 4.79 Å². The third-order valence-electron chi connectivity index (χ3n) is 5.10. The lowest BCUT2D eigenvalue weighted by atomic mass is 10.0. The smallest absolute Gasteiger partial charge is 0.341 e. The number of thioether (sulfide) groups is 1. The van der Waals surface area contributed by atoms with Crippen molar-refractivity contribution >= 4 is 40.0 Å². The molecule has 0 fully saturated rings. The van der Waals surface area contributed by atoms with E-state index in [1.165, 1.54) is 42.3 Å². The molecule has 0 saturated carbocycles. The molecule has 0 aliphatic rings. The topological polar surface area (TPSA) is 95.3 Å². The van der Waals surface area contributed by atoms with Gasteiger partial charge in [-0.15, -0.1) is 21.5 Å². The summed E-state index contributed by atoms with van der Waals surface area (Å²) >= 11 is 2.41. The number of anilines is 1. The number of methoxy groups -OCH3 is 2. The minimum absolute atomic E-state index is 0.0439. The van der Waals surface area contributed by atoms with Crippen molar-refractivity contribution < 1.29 is 23.5 Å². The highest BCUT2D eigenvalue weighted by Gasteiger charge is 2.23. The van der Waals surface area contributed by atoms with Crippen LogP contribution in [0.3, 0.4) is 0 Å². The highest BCUT2D eigenvalue weighted by molar-refractivity contribution is 7.99. The third kappa shape index (κ3) is 5.20. The predicted molar refractivity (Wildman–Crippen MR) is 133 cm³/mol. The fourth-order valence-corrected chi connectivity index (χ4v) is 5.08. The lowest BCUT2D eigenvalue weighted by Gasteiger charge is -2.09. The van der Waals surface area contributed by atoms with Gasteiger partial charge in [0, 0.05) is 18.0 Å². The van der Waals surface area contributed by atoms with Crippen LogP contribution in [0, 0.1) is 5.82 Å². The molecule has 0 aliphatic heterocycles. The molecule has 11 heteroatoms. The molecule has 2 aromatic carbocycles. The summed E-state index contributed by atoms with van der Waals surface area (Å²) in [6, 6.07) is 13.2. The van der Waals surface area contributed by atoms with Gasteiger partial charge in [0.15, 0.2) is 11.0 Å². The molecule has 4 aromatic rings. The van der Waals surface area contributed by atoms with Gasteiger partial charge in [0.25, 0.3) is 0 Å². The molecule has 0 spiro atoms. The monoisotopic (exact) mass is 512 g/mol. The number of carbonyl (C=O) groups excluding carboxylic acids is 2. The van der Waals surface area contributed by atoms with E-state index < -0.39 is 5.97 Å². The van der Waals surface area contributed by atoms with Crippen LogP contribution < -0.4 is 10.1 Å². The van der Waals surface area contributed by atoms with Crippen molar-refractivity contribution in [2.75, 3.05) is 25.3 Å². The minimum atomic E-state index is -0.594. The van der Waals surface area contributed by atoms with Crippen LogP contribution in [-0.2, 0) is 16.6 Å². The molecule has 0 bridgehead atoms. The molecule has 0 unspecified atom stereocenters. The van der Waals surface area contributed by atoms with Crippen molar-refractivity contribution in [2.45, 2.75) is 5.16 Å². The number of hydrogen-bond donors (Lipinski definition) is 1. The van der Waals surface area contributed by atoms with Crippen LogP contribution in [0.2, 0.25) is 0 Å². The maximum absolute atomic E-state index is 13.3. The van der Waals surface area contributed by atoms with E-state index in [-0.39, 0.29) is 23.0 Å². The maximum atomic E-state index is 13.3. The molecule has 2 aromatic heterocycles. The number of nitrogens with zero attached hydrogens (tertiary/aromatic N) is 3. The Balaban J connectivity index is 1.49. The van der Waals surface area contributed by atoms with Crippen molar-refractivity contribution in [1.82, 2.24) is 14.8 Å². The van der Waals surface area contributed by atoms with E-state index in [4.69, 9.17) is 9.47 Å². The van der Waals surface area contributed by atoms with Gasteiger partial charge in [0.05, 0.1) is 25.5 Å². The Morgan fingerprint density at radius 3 is 2.54 bits per heavy atom. The molecule has 0 aliphatic carbocycles. The third-order valence-corrected chi connectivity index (χ3v) is 7.02. The number of thiophene rings is 1. The van der Waals surface area contributed by atoms with E-state index in [1.54, 1.807) is 29.2 Å². The summed E-state index contributed by atoms with van der Waals surface area (Å²) in [5, 5.41) is 13.8. The molecule has 35 heavy (non-hydrogen) atoms. The molecule has 0 atom stereocenters. The lowest BCUT2D eigenvalue weighted by molar-refractivity contribution is -0.113. The highest BCUT2D eigenvalue weighted by Crippen LogP contribution is 2.36. The zero-order valence-electron chi connectivity index (χ0n) is 19.1. The number of hydrogen-bond acceptors (Lipinski definition) is 8. The van der Waals surface area contributed by atoms with Crippen LogP contribution in [-0.4, -0.2) is 46.6 Å². The number of rotatable bonds is 8. The second-order valence-corrected chi connectivity index (χ2v) is 9.08. The van der Waals surface area contributed by atoms with Gasteiger partial charge in [-0.25, -0.2) is 9.18 Å². The van der Waals surface area contributed by atoms with Crippen LogP contribution in [0.5, 0.6) is 5.75 Å². The number of ether oxygens (including phenoxy) is 2. The Bertz CT molecular complexity index is 1370. The Kier molecular flexibility index (Phi) is 7.47. The van der Waals surface area contributed by atoms with Crippen LogP contribution in [0.1, 0.15) is 10.4 Å².